The highest BCUT2D eigenvalue weighted by atomic mass is 16.3. The van der Waals surface area contributed by atoms with E-state index in [0.717, 1.165) is 19.3 Å². The summed E-state index contributed by atoms with van der Waals surface area (Å²) in [5.41, 5.74) is 0. The van der Waals surface area contributed by atoms with Crippen LogP contribution in [-0.4, -0.2) is 34.5 Å². The van der Waals surface area contributed by atoms with Gasteiger partial charge in [-0.15, -0.1) is 0 Å². The molecular formula is C11H19NO3. The van der Waals surface area contributed by atoms with Gasteiger partial charge < -0.3 is 5.11 Å². The molecule has 0 radical (unpaired) electrons. The van der Waals surface area contributed by atoms with Crippen molar-refractivity contribution in [2.24, 2.45) is 0 Å². The summed E-state index contributed by atoms with van der Waals surface area (Å²) in [5.74, 6) is -0.288. The van der Waals surface area contributed by atoms with E-state index in [-0.39, 0.29) is 18.4 Å². The van der Waals surface area contributed by atoms with Crippen LogP contribution < -0.4 is 0 Å². The Morgan fingerprint density at radius 2 is 1.87 bits per heavy atom. The molecule has 0 aromatic rings. The van der Waals surface area contributed by atoms with Gasteiger partial charge in [-0.1, -0.05) is 26.2 Å². The molecule has 1 N–H and O–H groups in total. The minimum Gasteiger partial charge on any atom is -0.391 e. The Hall–Kier alpha value is -0.900. The van der Waals surface area contributed by atoms with Crippen molar-refractivity contribution in [3.8, 4) is 0 Å². The Morgan fingerprint density at radius 3 is 2.40 bits per heavy atom. The molecule has 1 heterocycles. The number of aliphatic hydroxyl groups excluding tert-OH is 1. The van der Waals surface area contributed by atoms with E-state index in [1.165, 1.54) is 4.90 Å². The number of imide groups is 1. The van der Waals surface area contributed by atoms with Gasteiger partial charge in [-0.25, -0.2) is 0 Å². The molecule has 4 heteroatoms. The Labute approximate surface area is 90.3 Å². The highest BCUT2D eigenvalue weighted by Crippen LogP contribution is 2.13. The van der Waals surface area contributed by atoms with Crippen LogP contribution in [0.25, 0.3) is 0 Å². The highest BCUT2D eigenvalue weighted by molar-refractivity contribution is 6.01. The second kappa shape index (κ2) is 5.85. The van der Waals surface area contributed by atoms with Crippen molar-refractivity contribution in [1.82, 2.24) is 4.90 Å². The normalized spacial score (nSPS) is 18.7. The smallest absolute Gasteiger partial charge is 0.229 e. The van der Waals surface area contributed by atoms with Crippen molar-refractivity contribution < 1.29 is 14.7 Å². The van der Waals surface area contributed by atoms with Gasteiger partial charge in [0.1, 0.15) is 0 Å². The van der Waals surface area contributed by atoms with Crippen LogP contribution in [0.1, 0.15) is 45.4 Å². The number of amides is 2. The fraction of sp³-hybridized carbons (Fsp3) is 0.818. The number of unbranched alkanes of at least 4 members (excludes halogenated alkanes) is 2. The Kier molecular flexibility index (Phi) is 4.75. The van der Waals surface area contributed by atoms with Crippen molar-refractivity contribution in [3.05, 3.63) is 0 Å². The first-order valence-electron chi connectivity index (χ1n) is 5.66. The fourth-order valence-electron chi connectivity index (χ4n) is 1.76. The van der Waals surface area contributed by atoms with Crippen LogP contribution in [0.5, 0.6) is 0 Å². The maximum Gasteiger partial charge on any atom is 0.229 e. The van der Waals surface area contributed by atoms with E-state index in [1.54, 1.807) is 0 Å². The van der Waals surface area contributed by atoms with Gasteiger partial charge in [-0.2, -0.15) is 0 Å². The Bertz CT molecular complexity index is 224. The van der Waals surface area contributed by atoms with Crippen LogP contribution in [0.4, 0.5) is 0 Å². The van der Waals surface area contributed by atoms with E-state index in [9.17, 15) is 14.7 Å². The first kappa shape index (κ1) is 12.2. The maximum absolute atomic E-state index is 11.2. The van der Waals surface area contributed by atoms with E-state index in [1.807, 2.05) is 0 Å². The summed E-state index contributed by atoms with van der Waals surface area (Å²) in [6.45, 7) is 2.28. The van der Waals surface area contributed by atoms with Gasteiger partial charge in [0.05, 0.1) is 12.6 Å². The van der Waals surface area contributed by atoms with Gasteiger partial charge in [0.15, 0.2) is 0 Å². The molecular weight excluding hydrogens is 194 g/mol. The molecule has 1 fully saturated rings. The molecule has 1 unspecified atom stereocenters. The van der Waals surface area contributed by atoms with Gasteiger partial charge in [-0.05, 0) is 6.42 Å². The third-order valence-electron chi connectivity index (χ3n) is 2.69. The summed E-state index contributed by atoms with van der Waals surface area (Å²) >= 11 is 0. The van der Waals surface area contributed by atoms with Crippen molar-refractivity contribution >= 4 is 11.8 Å². The predicted molar refractivity (Wildman–Crippen MR) is 56.1 cm³/mol. The summed E-state index contributed by atoms with van der Waals surface area (Å²) in [7, 11) is 0. The molecule has 15 heavy (non-hydrogen) atoms. The van der Waals surface area contributed by atoms with E-state index in [4.69, 9.17) is 0 Å². The average molecular weight is 213 g/mol. The number of hydrogen-bond donors (Lipinski definition) is 1. The summed E-state index contributed by atoms with van der Waals surface area (Å²) in [6.07, 6.45) is 3.87. The summed E-state index contributed by atoms with van der Waals surface area (Å²) in [5, 5.41) is 9.63. The van der Waals surface area contributed by atoms with Crippen molar-refractivity contribution in [1.29, 1.82) is 0 Å². The quantitative estimate of drug-likeness (QED) is 0.530. The molecule has 0 aromatic heterocycles. The van der Waals surface area contributed by atoms with Crippen molar-refractivity contribution in [3.63, 3.8) is 0 Å². The van der Waals surface area contributed by atoms with Crippen LogP contribution in [0, 0.1) is 0 Å². The predicted octanol–water partition coefficient (Wildman–Crippen LogP) is 1.08. The number of aliphatic hydroxyl groups is 1. The number of likely N-dealkylation sites (tertiary alicyclic amines) is 1. The minimum atomic E-state index is -0.553. The van der Waals surface area contributed by atoms with Gasteiger partial charge in [0.2, 0.25) is 11.8 Å². The fourth-order valence-corrected chi connectivity index (χ4v) is 1.76. The molecule has 0 bridgehead atoms. The van der Waals surface area contributed by atoms with E-state index in [0.29, 0.717) is 19.3 Å². The van der Waals surface area contributed by atoms with Crippen LogP contribution in [0.3, 0.4) is 0 Å². The van der Waals surface area contributed by atoms with E-state index >= 15 is 0 Å². The molecule has 0 spiro atoms. The van der Waals surface area contributed by atoms with Crippen LogP contribution in [-0.2, 0) is 9.59 Å². The third kappa shape index (κ3) is 3.63. The zero-order valence-corrected chi connectivity index (χ0v) is 9.24. The van der Waals surface area contributed by atoms with Crippen molar-refractivity contribution in [2.45, 2.75) is 51.6 Å². The second-order valence-electron chi connectivity index (χ2n) is 4.05. The molecule has 1 saturated heterocycles. The van der Waals surface area contributed by atoms with Crippen LogP contribution in [0.2, 0.25) is 0 Å². The highest BCUT2D eigenvalue weighted by Gasteiger charge is 2.29. The molecule has 86 valence electrons. The van der Waals surface area contributed by atoms with E-state index in [2.05, 4.69) is 6.92 Å². The van der Waals surface area contributed by atoms with Crippen LogP contribution >= 0.6 is 0 Å². The Morgan fingerprint density at radius 1 is 1.27 bits per heavy atom. The van der Waals surface area contributed by atoms with Gasteiger partial charge in [0.25, 0.3) is 0 Å². The molecule has 0 aromatic carbocycles. The largest absolute Gasteiger partial charge is 0.391 e. The van der Waals surface area contributed by atoms with E-state index < -0.39 is 6.10 Å². The number of nitrogens with zero attached hydrogens (tertiary/aromatic N) is 1. The lowest BCUT2D eigenvalue weighted by atomic mass is 10.1. The van der Waals surface area contributed by atoms with Gasteiger partial charge in [-0.3, -0.25) is 14.5 Å². The summed E-state index contributed by atoms with van der Waals surface area (Å²) < 4.78 is 0. The molecule has 4 nitrogen and oxygen atoms in total. The SMILES string of the molecule is CCCCCC(O)CN1C(=O)CCC1=O. The maximum atomic E-state index is 11.2. The summed E-state index contributed by atoms with van der Waals surface area (Å²) in [4.78, 5) is 23.7. The standard InChI is InChI=1S/C11H19NO3/c1-2-3-4-5-9(13)8-12-10(14)6-7-11(12)15/h9,13H,2-8H2,1H3. The minimum absolute atomic E-state index is 0.144. The second-order valence-corrected chi connectivity index (χ2v) is 4.05. The molecule has 1 rings (SSSR count). The third-order valence-corrected chi connectivity index (χ3v) is 2.69. The zero-order chi connectivity index (χ0) is 11.3. The molecule has 1 aliphatic rings. The number of β-amino-alcohol motifs (C(OH)–C–C–N with tert-alkyl or cyclic N) is 1. The topological polar surface area (TPSA) is 57.6 Å². The monoisotopic (exact) mass is 213 g/mol. The lowest BCUT2D eigenvalue weighted by Gasteiger charge is -2.18. The average Bonchev–Trinajstić information content (AvgIpc) is 2.50. The van der Waals surface area contributed by atoms with Gasteiger partial charge >= 0.3 is 0 Å². The molecule has 1 aliphatic heterocycles. The molecule has 1 atom stereocenters. The Balaban J connectivity index is 2.27. The number of carbonyl (C=O) groups excluding carboxylic acids is 2. The van der Waals surface area contributed by atoms with Gasteiger partial charge in [0, 0.05) is 12.8 Å². The number of hydrogen-bond acceptors (Lipinski definition) is 3. The first-order chi connectivity index (χ1) is 7.15. The van der Waals surface area contributed by atoms with Crippen molar-refractivity contribution in [2.75, 3.05) is 6.54 Å². The number of rotatable bonds is 6. The molecule has 0 saturated carbocycles. The molecule has 0 aliphatic carbocycles. The lowest BCUT2D eigenvalue weighted by Crippen LogP contribution is -2.36. The zero-order valence-electron chi connectivity index (χ0n) is 9.24. The lowest BCUT2D eigenvalue weighted by molar-refractivity contribution is -0.140. The molecule has 2 amide bonds. The number of carbonyl (C=O) groups is 2. The summed E-state index contributed by atoms with van der Waals surface area (Å²) in [6, 6.07) is 0. The first-order valence-corrected chi connectivity index (χ1v) is 5.66. The van der Waals surface area contributed by atoms with Crippen LogP contribution in [0.15, 0.2) is 0 Å².